The zero-order chi connectivity index (χ0) is 17.5. The molecular weight excluding hydrogens is 332 g/mol. The van der Waals surface area contributed by atoms with Crippen LogP contribution in [0.25, 0.3) is 10.8 Å². The molecule has 0 radical (unpaired) electrons. The van der Waals surface area contributed by atoms with Gasteiger partial charge in [-0.15, -0.1) is 0 Å². The van der Waals surface area contributed by atoms with E-state index in [-0.39, 0.29) is 5.39 Å². The molecule has 0 saturated carbocycles. The van der Waals surface area contributed by atoms with Crippen LogP contribution < -0.4 is 0 Å². The van der Waals surface area contributed by atoms with Gasteiger partial charge in [-0.05, 0) is 5.39 Å². The van der Waals surface area contributed by atoms with E-state index in [1.54, 1.807) is 0 Å². The summed E-state index contributed by atoms with van der Waals surface area (Å²) in [7, 11) is -5.14. The Balaban J connectivity index is 3.34. The lowest BCUT2D eigenvalue weighted by molar-refractivity contribution is 0.0632. The minimum atomic E-state index is -5.14. The number of benzene rings is 2. The SMILES string of the molecule is O=C(O)c1c(C(=O)O)c(S(=O)(=O)O)c2ccccc2c1C(=O)O. The Labute approximate surface area is 128 Å². The van der Waals surface area contributed by atoms with Gasteiger partial charge in [0.25, 0.3) is 10.1 Å². The first-order valence-electron chi connectivity index (χ1n) is 5.83. The average molecular weight is 340 g/mol. The van der Waals surface area contributed by atoms with Crippen LogP contribution in [0.2, 0.25) is 0 Å². The highest BCUT2D eigenvalue weighted by atomic mass is 32.2. The number of aromatic carboxylic acids is 3. The third-order valence-corrected chi connectivity index (χ3v) is 4.01. The summed E-state index contributed by atoms with van der Waals surface area (Å²) >= 11 is 0. The molecule has 120 valence electrons. The van der Waals surface area contributed by atoms with E-state index in [1.807, 2.05) is 0 Å². The molecule has 9 nitrogen and oxygen atoms in total. The Hall–Kier alpha value is -2.98. The van der Waals surface area contributed by atoms with Crippen molar-refractivity contribution in [3.05, 3.63) is 41.0 Å². The van der Waals surface area contributed by atoms with Crippen LogP contribution in [0, 0.1) is 0 Å². The van der Waals surface area contributed by atoms with Crippen molar-refractivity contribution >= 4 is 38.8 Å². The maximum Gasteiger partial charge on any atom is 0.338 e. The summed E-state index contributed by atoms with van der Waals surface area (Å²) in [6.45, 7) is 0. The Bertz CT molecular complexity index is 973. The van der Waals surface area contributed by atoms with Crippen molar-refractivity contribution in [1.29, 1.82) is 0 Å². The van der Waals surface area contributed by atoms with E-state index in [1.165, 1.54) is 12.1 Å². The normalized spacial score (nSPS) is 11.3. The minimum absolute atomic E-state index is 0.324. The number of hydrogen-bond acceptors (Lipinski definition) is 5. The molecule has 0 aliphatic rings. The van der Waals surface area contributed by atoms with Crippen LogP contribution in [0.15, 0.2) is 29.2 Å². The van der Waals surface area contributed by atoms with Gasteiger partial charge in [-0.2, -0.15) is 8.42 Å². The van der Waals surface area contributed by atoms with Crippen molar-refractivity contribution in [1.82, 2.24) is 0 Å². The topological polar surface area (TPSA) is 166 Å². The van der Waals surface area contributed by atoms with Crippen LogP contribution in [0.1, 0.15) is 31.1 Å². The fraction of sp³-hybridized carbons (Fsp3) is 0. The van der Waals surface area contributed by atoms with Crippen molar-refractivity contribution in [3.63, 3.8) is 0 Å². The highest BCUT2D eigenvalue weighted by Gasteiger charge is 2.34. The number of fused-ring (bicyclic) bond motifs is 1. The van der Waals surface area contributed by atoms with Crippen LogP contribution in [0.3, 0.4) is 0 Å². The molecule has 2 aromatic carbocycles. The summed E-state index contributed by atoms with van der Waals surface area (Å²) in [5.41, 5.74) is -3.41. The van der Waals surface area contributed by atoms with E-state index >= 15 is 0 Å². The van der Waals surface area contributed by atoms with Crippen LogP contribution >= 0.6 is 0 Å². The molecule has 0 aliphatic heterocycles. The van der Waals surface area contributed by atoms with Gasteiger partial charge in [-0.1, -0.05) is 24.3 Å². The summed E-state index contributed by atoms with van der Waals surface area (Å²) in [5.74, 6) is -5.69. The summed E-state index contributed by atoms with van der Waals surface area (Å²) in [5, 5.41) is 26.9. The van der Waals surface area contributed by atoms with Gasteiger partial charge in [0.2, 0.25) is 0 Å². The Morgan fingerprint density at radius 2 is 1.17 bits per heavy atom. The average Bonchev–Trinajstić information content (AvgIpc) is 2.42. The third kappa shape index (κ3) is 2.60. The molecule has 0 spiro atoms. The first-order valence-corrected chi connectivity index (χ1v) is 7.27. The number of carboxylic acids is 3. The van der Waals surface area contributed by atoms with Crippen LogP contribution in [0.5, 0.6) is 0 Å². The van der Waals surface area contributed by atoms with Crippen LogP contribution in [0.4, 0.5) is 0 Å². The van der Waals surface area contributed by atoms with Crippen molar-refractivity contribution in [2.24, 2.45) is 0 Å². The molecular formula is C13H8O9S. The van der Waals surface area contributed by atoms with Gasteiger partial charge >= 0.3 is 17.9 Å². The van der Waals surface area contributed by atoms with Gasteiger partial charge < -0.3 is 15.3 Å². The second-order valence-corrected chi connectivity index (χ2v) is 5.75. The zero-order valence-corrected chi connectivity index (χ0v) is 11.9. The lowest BCUT2D eigenvalue weighted by Gasteiger charge is -2.14. The number of carboxylic acid groups (broad SMARTS) is 3. The summed E-state index contributed by atoms with van der Waals surface area (Å²) in [6.07, 6.45) is 0. The fourth-order valence-corrected chi connectivity index (χ4v) is 3.22. The van der Waals surface area contributed by atoms with Gasteiger partial charge in [-0.3, -0.25) is 4.55 Å². The lowest BCUT2D eigenvalue weighted by atomic mass is 9.93. The van der Waals surface area contributed by atoms with E-state index in [9.17, 15) is 42.7 Å². The number of hydrogen-bond donors (Lipinski definition) is 4. The van der Waals surface area contributed by atoms with Gasteiger partial charge in [0, 0.05) is 5.39 Å². The summed E-state index contributed by atoms with van der Waals surface area (Å²) < 4.78 is 32.5. The Kier molecular flexibility index (Phi) is 3.80. The van der Waals surface area contributed by atoms with Gasteiger partial charge in [0.05, 0.1) is 16.7 Å². The standard InChI is InChI=1S/C13H8O9S/c14-11(15)7-5-3-1-2-4-6(5)10(23(20,21)22)9(13(18)19)8(7)12(16)17/h1-4H,(H,14,15)(H,16,17)(H,18,19)(H,20,21,22). The first-order chi connectivity index (χ1) is 10.6. The highest BCUT2D eigenvalue weighted by Crippen LogP contribution is 2.34. The molecule has 0 aliphatic carbocycles. The van der Waals surface area contributed by atoms with Crippen LogP contribution in [-0.4, -0.2) is 46.2 Å². The van der Waals surface area contributed by atoms with E-state index in [2.05, 4.69) is 0 Å². The Morgan fingerprint density at radius 1 is 0.739 bits per heavy atom. The van der Waals surface area contributed by atoms with Crippen molar-refractivity contribution in [3.8, 4) is 0 Å². The first kappa shape index (κ1) is 16.4. The quantitative estimate of drug-likeness (QED) is 0.597. The van der Waals surface area contributed by atoms with Gasteiger partial charge in [0.15, 0.2) is 0 Å². The maximum absolute atomic E-state index is 11.6. The second-order valence-electron chi connectivity index (χ2n) is 4.39. The third-order valence-electron chi connectivity index (χ3n) is 3.07. The predicted octanol–water partition coefficient (Wildman–Crippen LogP) is 1.18. The molecule has 23 heavy (non-hydrogen) atoms. The van der Waals surface area contributed by atoms with E-state index in [0.29, 0.717) is 0 Å². The van der Waals surface area contributed by atoms with Crippen molar-refractivity contribution in [2.75, 3.05) is 0 Å². The smallest absolute Gasteiger partial charge is 0.338 e. The largest absolute Gasteiger partial charge is 0.478 e. The minimum Gasteiger partial charge on any atom is -0.478 e. The number of carbonyl (C=O) groups is 3. The lowest BCUT2D eigenvalue weighted by Crippen LogP contribution is -2.20. The molecule has 0 fully saturated rings. The number of rotatable bonds is 4. The molecule has 4 N–H and O–H groups in total. The molecule has 0 saturated heterocycles. The monoisotopic (exact) mass is 340 g/mol. The van der Waals surface area contributed by atoms with E-state index in [0.717, 1.165) is 12.1 Å². The zero-order valence-electron chi connectivity index (χ0n) is 11.0. The molecule has 0 amide bonds. The molecule has 0 atom stereocenters. The Morgan fingerprint density at radius 3 is 1.57 bits per heavy atom. The fourth-order valence-electron chi connectivity index (χ4n) is 2.31. The predicted molar refractivity (Wildman–Crippen MR) is 74.6 cm³/mol. The molecule has 0 unspecified atom stereocenters. The van der Waals surface area contributed by atoms with E-state index < -0.39 is 55.0 Å². The molecule has 0 aromatic heterocycles. The molecule has 0 bridgehead atoms. The molecule has 2 aromatic rings. The van der Waals surface area contributed by atoms with Crippen LogP contribution in [-0.2, 0) is 10.1 Å². The van der Waals surface area contributed by atoms with Crippen molar-refractivity contribution in [2.45, 2.75) is 4.90 Å². The maximum atomic E-state index is 11.6. The van der Waals surface area contributed by atoms with E-state index in [4.69, 9.17) is 0 Å². The summed E-state index contributed by atoms with van der Waals surface area (Å²) in [4.78, 5) is 33.0. The molecule has 0 heterocycles. The second kappa shape index (κ2) is 5.34. The summed E-state index contributed by atoms with van der Waals surface area (Å²) in [6, 6.07) is 4.79. The highest BCUT2D eigenvalue weighted by molar-refractivity contribution is 7.86. The van der Waals surface area contributed by atoms with Gasteiger partial charge in [-0.25, -0.2) is 14.4 Å². The van der Waals surface area contributed by atoms with Crippen molar-refractivity contribution < 1.29 is 42.7 Å². The molecule has 10 heteroatoms. The van der Waals surface area contributed by atoms with Gasteiger partial charge in [0.1, 0.15) is 4.90 Å². The molecule has 2 rings (SSSR count).